The quantitative estimate of drug-likeness (QED) is 0.277. The Morgan fingerprint density at radius 3 is 2.44 bits per heavy atom. The molecule has 182 valence electrons. The summed E-state index contributed by atoms with van der Waals surface area (Å²) in [6, 6.07) is 20.5. The smallest absolute Gasteiger partial charge is 0.322 e. The lowest BCUT2D eigenvalue weighted by atomic mass is 10.1. The molecule has 1 amide bonds. The zero-order chi connectivity index (χ0) is 25.3. The van der Waals surface area contributed by atoms with Crippen molar-refractivity contribution in [1.29, 1.82) is 0 Å². The molecular weight excluding hydrogens is 487 g/mol. The van der Waals surface area contributed by atoms with Crippen LogP contribution in [0.25, 0.3) is 17.0 Å². The molecule has 36 heavy (non-hydrogen) atoms. The summed E-state index contributed by atoms with van der Waals surface area (Å²) in [5.41, 5.74) is 3.97. The molecule has 5 rings (SSSR count). The number of para-hydroxylation sites is 1. The van der Waals surface area contributed by atoms with Gasteiger partial charge in [-0.15, -0.1) is 11.3 Å². The van der Waals surface area contributed by atoms with Crippen molar-refractivity contribution in [2.75, 3.05) is 16.8 Å². The maximum Gasteiger partial charge on any atom is 0.406 e. The van der Waals surface area contributed by atoms with Crippen molar-refractivity contribution in [2.24, 2.45) is 0 Å². The number of aromatic nitrogens is 3. The SMILES string of the molecule is Cc1nc2ccccn2c1-c1csc(N(CC(F)(F)F)c2ccc(C(=O)Nc3ccccc3)cc2)n1. The van der Waals surface area contributed by atoms with Gasteiger partial charge >= 0.3 is 6.18 Å². The highest BCUT2D eigenvalue weighted by atomic mass is 32.1. The molecule has 0 unspecified atom stereocenters. The van der Waals surface area contributed by atoms with Gasteiger partial charge in [-0.05, 0) is 55.5 Å². The maximum atomic E-state index is 13.5. The average molecular weight is 508 g/mol. The number of fused-ring (bicyclic) bond motifs is 1. The second-order valence-corrected chi connectivity index (χ2v) is 8.89. The van der Waals surface area contributed by atoms with E-state index in [4.69, 9.17) is 0 Å². The van der Waals surface area contributed by atoms with E-state index in [9.17, 15) is 18.0 Å². The maximum absolute atomic E-state index is 13.5. The molecule has 3 aromatic heterocycles. The van der Waals surface area contributed by atoms with Crippen molar-refractivity contribution in [3.63, 3.8) is 0 Å². The van der Waals surface area contributed by atoms with Crippen molar-refractivity contribution >= 4 is 39.4 Å². The molecule has 0 spiro atoms. The van der Waals surface area contributed by atoms with Gasteiger partial charge in [0.05, 0.1) is 11.4 Å². The lowest BCUT2D eigenvalue weighted by molar-refractivity contribution is -0.118. The number of aryl methyl sites for hydroxylation is 1. The van der Waals surface area contributed by atoms with E-state index in [1.165, 1.54) is 24.3 Å². The number of hydrogen-bond acceptors (Lipinski definition) is 5. The number of carbonyl (C=O) groups is 1. The molecule has 0 aliphatic carbocycles. The van der Waals surface area contributed by atoms with E-state index in [0.717, 1.165) is 33.3 Å². The third kappa shape index (κ3) is 4.94. The number of imidazole rings is 1. The zero-order valence-electron chi connectivity index (χ0n) is 19.0. The van der Waals surface area contributed by atoms with Gasteiger partial charge in [0.1, 0.15) is 17.9 Å². The summed E-state index contributed by atoms with van der Waals surface area (Å²) in [5, 5.41) is 4.68. The Labute approximate surface area is 208 Å². The molecule has 0 atom stereocenters. The van der Waals surface area contributed by atoms with E-state index in [2.05, 4.69) is 15.3 Å². The Balaban J connectivity index is 1.45. The molecule has 10 heteroatoms. The Bertz CT molecular complexity index is 1510. The molecule has 0 aliphatic heterocycles. The fourth-order valence-corrected chi connectivity index (χ4v) is 4.71. The molecule has 0 saturated carbocycles. The van der Waals surface area contributed by atoms with E-state index in [0.29, 0.717) is 16.9 Å². The second-order valence-electron chi connectivity index (χ2n) is 8.06. The molecule has 0 radical (unpaired) electrons. The standard InChI is InChI=1S/C26H20F3N5OS/c1-17-23(33-14-6-5-9-22(33)30-17)21-15-36-25(32-21)34(16-26(27,28)29)20-12-10-18(11-13-20)24(35)31-19-7-3-2-4-8-19/h2-15H,16H2,1H3,(H,31,35). The van der Waals surface area contributed by atoms with Crippen molar-refractivity contribution < 1.29 is 18.0 Å². The van der Waals surface area contributed by atoms with Crippen LogP contribution in [0.5, 0.6) is 0 Å². The Morgan fingerprint density at radius 1 is 1.00 bits per heavy atom. The minimum atomic E-state index is -4.46. The molecule has 0 bridgehead atoms. The first-order valence-corrected chi connectivity index (χ1v) is 11.9. The van der Waals surface area contributed by atoms with Crippen LogP contribution < -0.4 is 10.2 Å². The minimum absolute atomic E-state index is 0.189. The summed E-state index contributed by atoms with van der Waals surface area (Å²) in [5.74, 6) is -0.352. The van der Waals surface area contributed by atoms with Crippen LogP contribution in [0.1, 0.15) is 16.1 Å². The predicted octanol–water partition coefficient (Wildman–Crippen LogP) is 6.72. The molecule has 0 saturated heterocycles. The van der Waals surface area contributed by atoms with Gasteiger partial charge in [-0.3, -0.25) is 9.20 Å². The van der Waals surface area contributed by atoms with E-state index < -0.39 is 12.7 Å². The number of benzene rings is 2. The zero-order valence-corrected chi connectivity index (χ0v) is 19.8. The van der Waals surface area contributed by atoms with Gasteiger partial charge < -0.3 is 10.2 Å². The van der Waals surface area contributed by atoms with Crippen molar-refractivity contribution in [2.45, 2.75) is 13.1 Å². The summed E-state index contributed by atoms with van der Waals surface area (Å²) in [4.78, 5) is 22.7. The summed E-state index contributed by atoms with van der Waals surface area (Å²) in [6.45, 7) is 0.621. The van der Waals surface area contributed by atoms with E-state index >= 15 is 0 Å². The highest BCUT2D eigenvalue weighted by molar-refractivity contribution is 7.14. The van der Waals surface area contributed by atoms with E-state index in [1.54, 1.807) is 29.6 Å². The monoisotopic (exact) mass is 507 g/mol. The number of hydrogen-bond donors (Lipinski definition) is 1. The lowest BCUT2D eigenvalue weighted by Crippen LogP contribution is -2.30. The van der Waals surface area contributed by atoms with Gasteiger partial charge in [-0.25, -0.2) is 9.97 Å². The van der Waals surface area contributed by atoms with Gasteiger partial charge in [0.2, 0.25) is 0 Å². The molecule has 6 nitrogen and oxygen atoms in total. The molecular formula is C26H20F3N5OS. The third-order valence-electron chi connectivity index (χ3n) is 5.48. The number of amides is 1. The highest BCUT2D eigenvalue weighted by Crippen LogP contribution is 2.35. The molecule has 1 N–H and O–H groups in total. The first-order valence-electron chi connectivity index (χ1n) is 11.0. The number of halogens is 3. The largest absolute Gasteiger partial charge is 0.406 e. The first-order chi connectivity index (χ1) is 17.3. The number of alkyl halides is 3. The molecule has 5 aromatic rings. The second kappa shape index (κ2) is 9.46. The summed E-state index contributed by atoms with van der Waals surface area (Å²) < 4.78 is 42.5. The van der Waals surface area contributed by atoms with Crippen LogP contribution in [0.2, 0.25) is 0 Å². The van der Waals surface area contributed by atoms with Crippen LogP contribution in [-0.4, -0.2) is 33.0 Å². The third-order valence-corrected chi connectivity index (χ3v) is 6.34. The number of thiazole rings is 1. The predicted molar refractivity (Wildman–Crippen MR) is 135 cm³/mol. The number of rotatable bonds is 6. The first kappa shape index (κ1) is 23.6. The minimum Gasteiger partial charge on any atom is -0.322 e. The van der Waals surface area contributed by atoms with Gasteiger partial charge in [0, 0.05) is 28.5 Å². The van der Waals surface area contributed by atoms with E-state index in [-0.39, 0.29) is 16.7 Å². The number of nitrogens with zero attached hydrogens (tertiary/aromatic N) is 4. The highest BCUT2D eigenvalue weighted by Gasteiger charge is 2.33. The molecule has 0 fully saturated rings. The van der Waals surface area contributed by atoms with Crippen LogP contribution in [0.15, 0.2) is 84.4 Å². The van der Waals surface area contributed by atoms with Crippen LogP contribution in [0.4, 0.5) is 29.7 Å². The number of carbonyl (C=O) groups excluding carboxylic acids is 1. The van der Waals surface area contributed by atoms with Gasteiger partial charge in [-0.1, -0.05) is 24.3 Å². The molecule has 3 heterocycles. The Hall–Kier alpha value is -4.18. The van der Waals surface area contributed by atoms with E-state index in [1.807, 2.05) is 41.8 Å². The Morgan fingerprint density at radius 2 is 1.72 bits per heavy atom. The number of nitrogens with one attached hydrogen (secondary N) is 1. The van der Waals surface area contributed by atoms with Crippen LogP contribution >= 0.6 is 11.3 Å². The van der Waals surface area contributed by atoms with Crippen molar-refractivity contribution in [3.05, 3.63) is 95.6 Å². The number of pyridine rings is 1. The van der Waals surface area contributed by atoms with Gasteiger partial charge in [0.15, 0.2) is 5.13 Å². The van der Waals surface area contributed by atoms with Crippen molar-refractivity contribution in [3.8, 4) is 11.4 Å². The van der Waals surface area contributed by atoms with Gasteiger partial charge in [-0.2, -0.15) is 13.2 Å². The fraction of sp³-hybridized carbons (Fsp3) is 0.115. The normalized spacial score (nSPS) is 11.6. The molecule has 2 aromatic carbocycles. The van der Waals surface area contributed by atoms with Crippen LogP contribution in [0.3, 0.4) is 0 Å². The summed E-state index contributed by atoms with van der Waals surface area (Å²) in [7, 11) is 0. The fourth-order valence-electron chi connectivity index (χ4n) is 3.89. The average Bonchev–Trinajstić information content (AvgIpc) is 3.46. The van der Waals surface area contributed by atoms with Crippen LogP contribution in [0, 0.1) is 6.92 Å². The molecule has 0 aliphatic rings. The number of anilines is 3. The van der Waals surface area contributed by atoms with Gasteiger partial charge in [0.25, 0.3) is 5.91 Å². The topological polar surface area (TPSA) is 62.5 Å². The summed E-state index contributed by atoms with van der Waals surface area (Å²) >= 11 is 1.12. The van der Waals surface area contributed by atoms with Crippen molar-refractivity contribution in [1.82, 2.24) is 14.4 Å². The van der Waals surface area contributed by atoms with Crippen LogP contribution in [-0.2, 0) is 0 Å². The Kier molecular flexibility index (Phi) is 6.19. The summed E-state index contributed by atoms with van der Waals surface area (Å²) in [6.07, 6.45) is -2.62. The lowest BCUT2D eigenvalue weighted by Gasteiger charge is -2.23.